The van der Waals surface area contributed by atoms with Crippen molar-refractivity contribution in [2.45, 2.75) is 25.9 Å². The highest BCUT2D eigenvalue weighted by molar-refractivity contribution is 7.88. The quantitative estimate of drug-likeness (QED) is 0.842. The van der Waals surface area contributed by atoms with Gasteiger partial charge in [-0.15, -0.1) is 0 Å². The van der Waals surface area contributed by atoms with E-state index in [9.17, 15) is 13.2 Å². The number of carbonyl (C=O) groups excluding carboxylic acids is 1. The third-order valence-electron chi connectivity index (χ3n) is 3.68. The van der Waals surface area contributed by atoms with Crippen LogP contribution in [-0.2, 0) is 19.6 Å². The molecule has 23 heavy (non-hydrogen) atoms. The molecule has 2 rings (SSSR count). The summed E-state index contributed by atoms with van der Waals surface area (Å²) >= 11 is 5.88. The largest absolute Gasteiger partial charge is 0.377 e. The summed E-state index contributed by atoms with van der Waals surface area (Å²) in [5.74, 6) is -0.390. The van der Waals surface area contributed by atoms with Crippen LogP contribution >= 0.6 is 11.6 Å². The zero-order valence-corrected chi connectivity index (χ0v) is 14.8. The summed E-state index contributed by atoms with van der Waals surface area (Å²) < 4.78 is 30.4. The summed E-state index contributed by atoms with van der Waals surface area (Å²) in [7, 11) is -3.49. The minimum Gasteiger partial charge on any atom is -0.377 e. The van der Waals surface area contributed by atoms with Crippen LogP contribution in [0.3, 0.4) is 0 Å². The number of anilines is 1. The van der Waals surface area contributed by atoms with E-state index < -0.39 is 10.0 Å². The molecule has 1 aliphatic rings. The SMILES string of the molecule is Cc1cc(Cl)ccc1NC(=O)CN(CC1CCCO1)S(C)(=O)=O. The first-order chi connectivity index (χ1) is 10.8. The molecule has 1 amide bonds. The Morgan fingerprint density at radius 1 is 1.48 bits per heavy atom. The van der Waals surface area contributed by atoms with Crippen LogP contribution in [0.2, 0.25) is 5.02 Å². The van der Waals surface area contributed by atoms with E-state index in [-0.39, 0.29) is 25.1 Å². The van der Waals surface area contributed by atoms with E-state index in [1.807, 2.05) is 6.92 Å². The van der Waals surface area contributed by atoms with Gasteiger partial charge in [0.15, 0.2) is 0 Å². The van der Waals surface area contributed by atoms with Gasteiger partial charge in [0.1, 0.15) is 0 Å². The van der Waals surface area contributed by atoms with Crippen molar-refractivity contribution in [1.29, 1.82) is 0 Å². The summed E-state index contributed by atoms with van der Waals surface area (Å²) in [5.41, 5.74) is 1.43. The molecule has 1 saturated heterocycles. The van der Waals surface area contributed by atoms with Crippen molar-refractivity contribution in [3.8, 4) is 0 Å². The lowest BCUT2D eigenvalue weighted by Crippen LogP contribution is -2.41. The molecule has 128 valence electrons. The Hall–Kier alpha value is -1.15. The zero-order valence-electron chi connectivity index (χ0n) is 13.2. The number of halogens is 1. The number of benzene rings is 1. The maximum atomic E-state index is 12.2. The molecule has 1 fully saturated rings. The highest BCUT2D eigenvalue weighted by Gasteiger charge is 2.26. The van der Waals surface area contributed by atoms with Crippen LogP contribution in [-0.4, -0.2) is 50.7 Å². The van der Waals surface area contributed by atoms with Crippen molar-refractivity contribution in [3.63, 3.8) is 0 Å². The molecule has 1 aliphatic heterocycles. The van der Waals surface area contributed by atoms with Gasteiger partial charge in [0.25, 0.3) is 0 Å². The molecular formula is C15H21ClN2O4S. The summed E-state index contributed by atoms with van der Waals surface area (Å²) in [6.07, 6.45) is 2.68. The second-order valence-corrected chi connectivity index (χ2v) is 8.12. The summed E-state index contributed by atoms with van der Waals surface area (Å²) in [6, 6.07) is 5.10. The number of hydrogen-bond acceptors (Lipinski definition) is 4. The van der Waals surface area contributed by atoms with E-state index >= 15 is 0 Å². The van der Waals surface area contributed by atoms with Crippen LogP contribution in [0.25, 0.3) is 0 Å². The third kappa shape index (κ3) is 5.46. The summed E-state index contributed by atoms with van der Waals surface area (Å²) in [6.45, 7) is 2.42. The van der Waals surface area contributed by atoms with Crippen molar-refractivity contribution in [2.75, 3.05) is 31.3 Å². The minimum absolute atomic E-state index is 0.144. The Bertz CT molecular complexity index is 672. The molecular weight excluding hydrogens is 340 g/mol. The van der Waals surface area contributed by atoms with E-state index in [4.69, 9.17) is 16.3 Å². The van der Waals surface area contributed by atoms with Gasteiger partial charge < -0.3 is 10.1 Å². The molecule has 1 aromatic carbocycles. The molecule has 1 heterocycles. The van der Waals surface area contributed by atoms with Crippen molar-refractivity contribution >= 4 is 33.2 Å². The number of carbonyl (C=O) groups is 1. The van der Waals surface area contributed by atoms with E-state index in [1.165, 1.54) is 0 Å². The lowest BCUT2D eigenvalue weighted by Gasteiger charge is -2.22. The van der Waals surface area contributed by atoms with Crippen molar-refractivity contribution in [1.82, 2.24) is 4.31 Å². The lowest BCUT2D eigenvalue weighted by molar-refractivity contribution is -0.116. The number of nitrogens with one attached hydrogen (secondary N) is 1. The number of amides is 1. The average molecular weight is 361 g/mol. The van der Waals surface area contributed by atoms with Gasteiger partial charge in [-0.1, -0.05) is 11.6 Å². The fourth-order valence-electron chi connectivity index (χ4n) is 2.45. The summed E-state index contributed by atoms with van der Waals surface area (Å²) in [4.78, 5) is 12.2. The van der Waals surface area contributed by atoms with Crippen LogP contribution in [0, 0.1) is 6.92 Å². The van der Waals surface area contributed by atoms with Gasteiger partial charge in [0, 0.05) is 23.9 Å². The predicted molar refractivity (Wildman–Crippen MR) is 90.2 cm³/mol. The monoisotopic (exact) mass is 360 g/mol. The van der Waals surface area contributed by atoms with E-state index in [0.29, 0.717) is 17.3 Å². The van der Waals surface area contributed by atoms with Crippen molar-refractivity contribution in [3.05, 3.63) is 28.8 Å². The fraction of sp³-hybridized carbons (Fsp3) is 0.533. The lowest BCUT2D eigenvalue weighted by atomic mass is 10.2. The molecule has 1 atom stereocenters. The molecule has 1 aromatic rings. The number of ether oxygens (including phenoxy) is 1. The number of hydrogen-bond donors (Lipinski definition) is 1. The van der Waals surface area contributed by atoms with Crippen LogP contribution < -0.4 is 5.32 Å². The molecule has 6 nitrogen and oxygen atoms in total. The van der Waals surface area contributed by atoms with E-state index in [0.717, 1.165) is 29.0 Å². The molecule has 0 aliphatic carbocycles. The highest BCUT2D eigenvalue weighted by atomic mass is 35.5. The smallest absolute Gasteiger partial charge is 0.239 e. The van der Waals surface area contributed by atoms with Gasteiger partial charge in [0.2, 0.25) is 15.9 Å². The maximum absolute atomic E-state index is 12.2. The van der Waals surface area contributed by atoms with Crippen LogP contribution in [0.15, 0.2) is 18.2 Å². The Morgan fingerprint density at radius 3 is 2.78 bits per heavy atom. The predicted octanol–water partition coefficient (Wildman–Crippen LogP) is 2.03. The van der Waals surface area contributed by atoms with Gasteiger partial charge >= 0.3 is 0 Å². The first-order valence-corrected chi connectivity index (χ1v) is 9.61. The number of nitrogens with zero attached hydrogens (tertiary/aromatic N) is 1. The molecule has 0 saturated carbocycles. The highest BCUT2D eigenvalue weighted by Crippen LogP contribution is 2.20. The fourth-order valence-corrected chi connectivity index (χ4v) is 3.47. The average Bonchev–Trinajstić information content (AvgIpc) is 2.93. The topological polar surface area (TPSA) is 75.7 Å². The van der Waals surface area contributed by atoms with Crippen LogP contribution in [0.1, 0.15) is 18.4 Å². The van der Waals surface area contributed by atoms with Gasteiger partial charge in [-0.3, -0.25) is 4.79 Å². The molecule has 8 heteroatoms. The third-order valence-corrected chi connectivity index (χ3v) is 5.13. The first kappa shape index (κ1) is 18.2. The van der Waals surface area contributed by atoms with Gasteiger partial charge in [0.05, 0.1) is 18.9 Å². The van der Waals surface area contributed by atoms with E-state index in [1.54, 1.807) is 18.2 Å². The standard InChI is InChI=1S/C15H21ClN2O4S/c1-11-8-12(16)5-6-14(11)17-15(19)10-18(23(2,20)21)9-13-4-3-7-22-13/h5-6,8,13H,3-4,7,9-10H2,1-2H3,(H,17,19). The minimum atomic E-state index is -3.49. The van der Waals surface area contributed by atoms with Gasteiger partial charge in [-0.2, -0.15) is 4.31 Å². The Labute approximate surface area is 141 Å². The molecule has 0 aromatic heterocycles. The summed E-state index contributed by atoms with van der Waals surface area (Å²) in [5, 5.41) is 3.30. The maximum Gasteiger partial charge on any atom is 0.239 e. The van der Waals surface area contributed by atoms with Crippen molar-refractivity contribution in [2.24, 2.45) is 0 Å². The number of rotatable bonds is 6. The van der Waals surface area contributed by atoms with E-state index in [2.05, 4.69) is 5.32 Å². The Morgan fingerprint density at radius 2 is 2.22 bits per heavy atom. The molecule has 1 N–H and O–H groups in total. The van der Waals surface area contributed by atoms with Gasteiger partial charge in [-0.05, 0) is 43.5 Å². The molecule has 1 unspecified atom stereocenters. The second kappa shape index (κ2) is 7.61. The molecule has 0 spiro atoms. The second-order valence-electron chi connectivity index (χ2n) is 5.70. The zero-order chi connectivity index (χ0) is 17.0. The van der Waals surface area contributed by atoms with Gasteiger partial charge in [-0.25, -0.2) is 8.42 Å². The Balaban J connectivity index is 2.02. The normalized spacial score (nSPS) is 18.3. The molecule has 0 bridgehead atoms. The number of sulfonamides is 1. The number of aryl methyl sites for hydroxylation is 1. The van der Waals surface area contributed by atoms with Crippen molar-refractivity contribution < 1.29 is 17.9 Å². The molecule has 0 radical (unpaired) electrons. The first-order valence-electron chi connectivity index (χ1n) is 7.38. The van der Waals surface area contributed by atoms with Crippen LogP contribution in [0.4, 0.5) is 5.69 Å². The Kier molecular flexibility index (Phi) is 6.02. The van der Waals surface area contributed by atoms with Crippen LogP contribution in [0.5, 0.6) is 0 Å².